The van der Waals surface area contributed by atoms with Gasteiger partial charge in [0.25, 0.3) is 0 Å². The molecule has 14 heavy (non-hydrogen) atoms. The third kappa shape index (κ3) is 2.70. The molecule has 5 heteroatoms. The second kappa shape index (κ2) is 4.41. The summed E-state index contributed by atoms with van der Waals surface area (Å²) in [4.78, 5) is 21.7. The Bertz CT molecular complexity index is 408. The Morgan fingerprint density at radius 1 is 1.64 bits per heavy atom. The number of rotatable bonds is 2. The van der Waals surface area contributed by atoms with Gasteiger partial charge in [-0.25, -0.2) is 4.79 Å². The zero-order valence-corrected chi connectivity index (χ0v) is 9.38. The third-order valence-electron chi connectivity index (χ3n) is 1.54. The van der Waals surface area contributed by atoms with Crippen molar-refractivity contribution in [2.45, 2.75) is 20.5 Å². The lowest BCUT2D eigenvalue weighted by molar-refractivity contribution is -0.142. The highest BCUT2D eigenvalue weighted by molar-refractivity contribution is 9.10. The zero-order valence-electron chi connectivity index (χ0n) is 7.80. The van der Waals surface area contributed by atoms with Gasteiger partial charge < -0.3 is 9.15 Å². The van der Waals surface area contributed by atoms with Gasteiger partial charge in [-0.3, -0.25) is 4.79 Å². The molecule has 0 aliphatic rings. The second-order valence-electron chi connectivity index (χ2n) is 2.78. The smallest absolute Gasteiger partial charge is 0.350 e. The second-order valence-corrected chi connectivity index (χ2v) is 3.57. The van der Waals surface area contributed by atoms with E-state index < -0.39 is 11.6 Å². The predicted molar refractivity (Wildman–Crippen MR) is 52.9 cm³/mol. The topological polar surface area (TPSA) is 56.5 Å². The van der Waals surface area contributed by atoms with Gasteiger partial charge in [0, 0.05) is 6.92 Å². The van der Waals surface area contributed by atoms with E-state index in [4.69, 9.17) is 9.15 Å². The Balaban J connectivity index is 2.90. The quantitative estimate of drug-likeness (QED) is 0.761. The van der Waals surface area contributed by atoms with Crippen LogP contribution < -0.4 is 5.63 Å². The normalized spacial score (nSPS) is 9.93. The Kier molecular flexibility index (Phi) is 3.46. The van der Waals surface area contributed by atoms with Crippen molar-refractivity contribution in [3.63, 3.8) is 0 Å². The van der Waals surface area contributed by atoms with E-state index in [2.05, 4.69) is 15.9 Å². The van der Waals surface area contributed by atoms with Gasteiger partial charge >= 0.3 is 11.6 Å². The Morgan fingerprint density at radius 3 is 2.79 bits per heavy atom. The van der Waals surface area contributed by atoms with Gasteiger partial charge in [0.2, 0.25) is 0 Å². The maximum atomic E-state index is 11.2. The lowest BCUT2D eigenvalue weighted by Crippen LogP contribution is -2.06. The van der Waals surface area contributed by atoms with Gasteiger partial charge in [0.1, 0.15) is 16.8 Å². The summed E-state index contributed by atoms with van der Waals surface area (Å²) in [6, 6.07) is 1.65. The van der Waals surface area contributed by atoms with E-state index in [1.165, 1.54) is 6.92 Å². The molecule has 76 valence electrons. The standard InChI is InChI=1S/C9H9BrO4/c1-5-3-7(4-13-6(2)11)14-9(12)8(5)10/h3H,4H2,1-2H3. The molecule has 0 amide bonds. The number of carbonyl (C=O) groups is 1. The van der Waals surface area contributed by atoms with Crippen molar-refractivity contribution >= 4 is 21.9 Å². The van der Waals surface area contributed by atoms with Crippen molar-refractivity contribution in [1.29, 1.82) is 0 Å². The van der Waals surface area contributed by atoms with Crippen LogP contribution in [0.25, 0.3) is 0 Å². The Hall–Kier alpha value is -1.10. The van der Waals surface area contributed by atoms with Crippen LogP contribution in [0.1, 0.15) is 18.2 Å². The molecular formula is C9H9BrO4. The van der Waals surface area contributed by atoms with E-state index in [1.54, 1.807) is 13.0 Å². The van der Waals surface area contributed by atoms with E-state index >= 15 is 0 Å². The summed E-state index contributed by atoms with van der Waals surface area (Å²) in [6.07, 6.45) is 0. The van der Waals surface area contributed by atoms with Gasteiger partial charge in [0.15, 0.2) is 0 Å². The highest BCUT2D eigenvalue weighted by Gasteiger charge is 2.06. The average molecular weight is 261 g/mol. The van der Waals surface area contributed by atoms with Gasteiger partial charge in [-0.05, 0) is 34.5 Å². The van der Waals surface area contributed by atoms with Crippen LogP contribution in [-0.4, -0.2) is 5.97 Å². The van der Waals surface area contributed by atoms with Crippen LogP contribution >= 0.6 is 15.9 Å². The van der Waals surface area contributed by atoms with Crippen LogP contribution in [0, 0.1) is 6.92 Å². The number of carbonyl (C=O) groups excluding carboxylic acids is 1. The Labute approximate surface area is 89.0 Å². The fourth-order valence-corrected chi connectivity index (χ4v) is 1.10. The van der Waals surface area contributed by atoms with Crippen molar-refractivity contribution in [2.24, 2.45) is 0 Å². The van der Waals surface area contributed by atoms with Crippen molar-refractivity contribution in [1.82, 2.24) is 0 Å². The first kappa shape index (κ1) is 11.0. The van der Waals surface area contributed by atoms with E-state index in [-0.39, 0.29) is 6.61 Å². The summed E-state index contributed by atoms with van der Waals surface area (Å²) in [6.45, 7) is 3.04. The number of aryl methyl sites for hydroxylation is 1. The SMILES string of the molecule is CC(=O)OCc1cc(C)c(Br)c(=O)o1. The fourth-order valence-electron chi connectivity index (χ4n) is 0.903. The number of hydrogen-bond acceptors (Lipinski definition) is 4. The van der Waals surface area contributed by atoms with Gasteiger partial charge in [0.05, 0.1) is 0 Å². The first-order valence-electron chi connectivity index (χ1n) is 3.93. The molecule has 1 rings (SSSR count). The molecule has 0 radical (unpaired) electrons. The summed E-state index contributed by atoms with van der Waals surface area (Å²) in [5, 5.41) is 0. The molecule has 0 atom stereocenters. The van der Waals surface area contributed by atoms with Crippen LogP contribution in [0.4, 0.5) is 0 Å². The predicted octanol–water partition coefficient (Wildman–Crippen LogP) is 1.77. The molecular weight excluding hydrogens is 252 g/mol. The molecule has 1 heterocycles. The molecule has 4 nitrogen and oxygen atoms in total. The molecule has 0 fully saturated rings. The molecule has 0 bridgehead atoms. The minimum absolute atomic E-state index is 0.0152. The molecule has 0 unspecified atom stereocenters. The molecule has 0 saturated heterocycles. The molecule has 0 aliphatic heterocycles. The minimum Gasteiger partial charge on any atom is -0.458 e. The molecule has 0 spiro atoms. The monoisotopic (exact) mass is 260 g/mol. The summed E-state index contributed by atoms with van der Waals surface area (Å²) in [5.41, 5.74) is 0.288. The number of ether oxygens (including phenoxy) is 1. The number of esters is 1. The average Bonchev–Trinajstić information content (AvgIpc) is 2.10. The van der Waals surface area contributed by atoms with Gasteiger partial charge in [-0.15, -0.1) is 0 Å². The minimum atomic E-state index is -0.466. The number of hydrogen-bond donors (Lipinski definition) is 0. The third-order valence-corrected chi connectivity index (χ3v) is 2.49. The highest BCUT2D eigenvalue weighted by atomic mass is 79.9. The Morgan fingerprint density at radius 2 is 2.29 bits per heavy atom. The molecule has 1 aromatic rings. The largest absolute Gasteiger partial charge is 0.458 e. The summed E-state index contributed by atoms with van der Waals surface area (Å²) in [5.74, 6) is -0.0703. The fraction of sp³-hybridized carbons (Fsp3) is 0.333. The summed E-state index contributed by atoms with van der Waals surface area (Å²) >= 11 is 3.08. The van der Waals surface area contributed by atoms with E-state index in [0.29, 0.717) is 10.2 Å². The maximum absolute atomic E-state index is 11.2. The molecule has 0 aromatic carbocycles. The molecule has 1 aromatic heterocycles. The summed E-state index contributed by atoms with van der Waals surface area (Å²) in [7, 11) is 0. The van der Waals surface area contributed by atoms with Crippen molar-refractivity contribution < 1.29 is 13.9 Å². The summed E-state index contributed by atoms with van der Waals surface area (Å²) < 4.78 is 9.94. The number of halogens is 1. The van der Waals surface area contributed by atoms with Gasteiger partial charge in [-0.1, -0.05) is 0 Å². The van der Waals surface area contributed by atoms with Crippen LogP contribution in [0.5, 0.6) is 0 Å². The van der Waals surface area contributed by atoms with Crippen molar-refractivity contribution in [3.05, 3.63) is 32.3 Å². The van der Waals surface area contributed by atoms with Crippen LogP contribution in [0.2, 0.25) is 0 Å². The first-order valence-corrected chi connectivity index (χ1v) is 4.72. The van der Waals surface area contributed by atoms with Crippen LogP contribution in [0.15, 0.2) is 19.8 Å². The van der Waals surface area contributed by atoms with Crippen molar-refractivity contribution in [3.8, 4) is 0 Å². The van der Waals surface area contributed by atoms with Crippen LogP contribution in [0.3, 0.4) is 0 Å². The first-order chi connectivity index (χ1) is 6.50. The zero-order chi connectivity index (χ0) is 10.7. The lowest BCUT2D eigenvalue weighted by atomic mass is 10.3. The molecule has 0 N–H and O–H groups in total. The van der Waals surface area contributed by atoms with E-state index in [9.17, 15) is 9.59 Å². The lowest BCUT2D eigenvalue weighted by Gasteiger charge is -2.02. The van der Waals surface area contributed by atoms with Crippen LogP contribution in [-0.2, 0) is 16.1 Å². The van der Waals surface area contributed by atoms with Gasteiger partial charge in [-0.2, -0.15) is 0 Å². The molecule has 0 aliphatic carbocycles. The van der Waals surface area contributed by atoms with E-state index in [1.807, 2.05) is 0 Å². The maximum Gasteiger partial charge on any atom is 0.350 e. The highest BCUT2D eigenvalue weighted by Crippen LogP contribution is 2.12. The van der Waals surface area contributed by atoms with Crippen molar-refractivity contribution in [2.75, 3.05) is 0 Å². The molecule has 0 saturated carbocycles. The van der Waals surface area contributed by atoms with E-state index in [0.717, 1.165) is 5.56 Å².